The highest BCUT2D eigenvalue weighted by Crippen LogP contribution is 2.15. The second-order valence-corrected chi connectivity index (χ2v) is 4.57. The van der Waals surface area contributed by atoms with Crippen LogP contribution in [0.3, 0.4) is 0 Å². The number of unbranched alkanes of at least 4 members (excludes halogenated alkanes) is 3. The molecule has 104 valence electrons. The van der Waals surface area contributed by atoms with E-state index in [0.717, 1.165) is 24.2 Å². The lowest BCUT2D eigenvalue weighted by molar-refractivity contribution is -0.384. The van der Waals surface area contributed by atoms with Gasteiger partial charge < -0.3 is 0 Å². The molecule has 5 heteroatoms. The summed E-state index contributed by atoms with van der Waals surface area (Å²) in [6.45, 7) is 4.18. The third kappa shape index (κ3) is 5.99. The van der Waals surface area contributed by atoms with Crippen LogP contribution < -0.4 is 5.43 Å². The quantitative estimate of drug-likeness (QED) is 0.328. The normalized spacial score (nSPS) is 11.4. The third-order valence-corrected chi connectivity index (χ3v) is 2.85. The van der Waals surface area contributed by atoms with E-state index in [4.69, 9.17) is 0 Å². The molecule has 0 saturated carbocycles. The molecule has 0 aromatic heterocycles. The molecule has 0 saturated heterocycles. The second-order valence-electron chi connectivity index (χ2n) is 4.57. The minimum Gasteiger partial charge on any atom is -0.279 e. The van der Waals surface area contributed by atoms with Crippen LogP contribution in [0.25, 0.3) is 0 Å². The summed E-state index contributed by atoms with van der Waals surface area (Å²) in [7, 11) is 0. The summed E-state index contributed by atoms with van der Waals surface area (Å²) in [5.41, 5.74) is 4.82. The Morgan fingerprint density at radius 1 is 1.26 bits per heavy atom. The van der Waals surface area contributed by atoms with Gasteiger partial charge in [-0.1, -0.05) is 26.2 Å². The molecule has 1 N–H and O–H groups in total. The van der Waals surface area contributed by atoms with Gasteiger partial charge in [-0.05, 0) is 31.9 Å². The number of anilines is 1. The number of nitrogens with one attached hydrogen (secondary N) is 1. The third-order valence-electron chi connectivity index (χ3n) is 2.85. The monoisotopic (exact) mass is 263 g/mol. The molecule has 0 aliphatic heterocycles. The molecular formula is C14H21N3O2. The SMILES string of the molecule is CCCCCC/C(C)=N/Nc1ccc([N+](=O)[O-])cc1. The fraction of sp³-hybridized carbons (Fsp3) is 0.500. The van der Waals surface area contributed by atoms with Crippen molar-refractivity contribution in [2.45, 2.75) is 46.0 Å². The van der Waals surface area contributed by atoms with Crippen LogP contribution in [0.2, 0.25) is 0 Å². The summed E-state index contributed by atoms with van der Waals surface area (Å²) in [4.78, 5) is 10.1. The summed E-state index contributed by atoms with van der Waals surface area (Å²) in [5, 5.41) is 14.8. The van der Waals surface area contributed by atoms with E-state index in [0.29, 0.717) is 0 Å². The van der Waals surface area contributed by atoms with Crippen LogP contribution in [0, 0.1) is 10.1 Å². The van der Waals surface area contributed by atoms with E-state index in [-0.39, 0.29) is 5.69 Å². The average molecular weight is 263 g/mol. The van der Waals surface area contributed by atoms with E-state index in [9.17, 15) is 10.1 Å². The number of hydrogen-bond acceptors (Lipinski definition) is 4. The van der Waals surface area contributed by atoms with Crippen molar-refractivity contribution in [1.82, 2.24) is 0 Å². The Morgan fingerprint density at radius 3 is 2.53 bits per heavy atom. The highest BCUT2D eigenvalue weighted by molar-refractivity contribution is 5.82. The number of hydrogen-bond donors (Lipinski definition) is 1. The maximum absolute atomic E-state index is 10.5. The molecule has 0 spiro atoms. The van der Waals surface area contributed by atoms with Gasteiger partial charge in [0.25, 0.3) is 5.69 Å². The van der Waals surface area contributed by atoms with Crippen molar-refractivity contribution in [3.63, 3.8) is 0 Å². The molecule has 1 aromatic carbocycles. The predicted octanol–water partition coefficient (Wildman–Crippen LogP) is 4.35. The van der Waals surface area contributed by atoms with E-state index in [2.05, 4.69) is 17.5 Å². The number of hydrazone groups is 1. The van der Waals surface area contributed by atoms with Gasteiger partial charge in [0.2, 0.25) is 0 Å². The van der Waals surface area contributed by atoms with Crippen molar-refractivity contribution in [2.24, 2.45) is 5.10 Å². The molecule has 0 bridgehead atoms. The van der Waals surface area contributed by atoms with E-state index in [1.165, 1.54) is 31.4 Å². The first-order chi connectivity index (χ1) is 9.13. The first-order valence-corrected chi connectivity index (χ1v) is 6.67. The molecule has 0 atom stereocenters. The largest absolute Gasteiger partial charge is 0.279 e. The summed E-state index contributed by atoms with van der Waals surface area (Å²) >= 11 is 0. The molecule has 5 nitrogen and oxygen atoms in total. The maximum Gasteiger partial charge on any atom is 0.269 e. The number of nitrogens with zero attached hydrogens (tertiary/aromatic N) is 2. The minimum absolute atomic E-state index is 0.0887. The van der Waals surface area contributed by atoms with Gasteiger partial charge in [0.15, 0.2) is 0 Å². The number of benzene rings is 1. The fourth-order valence-electron chi connectivity index (χ4n) is 1.68. The fourth-order valence-corrected chi connectivity index (χ4v) is 1.68. The van der Waals surface area contributed by atoms with Crippen LogP contribution in [0.5, 0.6) is 0 Å². The van der Waals surface area contributed by atoms with Gasteiger partial charge in [0.05, 0.1) is 10.6 Å². The Bertz CT molecular complexity index is 427. The van der Waals surface area contributed by atoms with Crippen molar-refractivity contribution >= 4 is 17.1 Å². The Balaban J connectivity index is 2.39. The van der Waals surface area contributed by atoms with Crippen LogP contribution in [0.1, 0.15) is 46.0 Å². The lowest BCUT2D eigenvalue weighted by Crippen LogP contribution is -1.98. The van der Waals surface area contributed by atoms with E-state index >= 15 is 0 Å². The van der Waals surface area contributed by atoms with E-state index < -0.39 is 4.92 Å². The molecule has 1 aromatic rings. The predicted molar refractivity (Wildman–Crippen MR) is 78.6 cm³/mol. The summed E-state index contributed by atoms with van der Waals surface area (Å²) in [6, 6.07) is 6.25. The summed E-state index contributed by atoms with van der Waals surface area (Å²) in [5.74, 6) is 0. The highest BCUT2D eigenvalue weighted by Gasteiger charge is 2.03. The van der Waals surface area contributed by atoms with Crippen LogP contribution in [0.4, 0.5) is 11.4 Å². The zero-order valence-electron chi connectivity index (χ0n) is 11.6. The van der Waals surface area contributed by atoms with Gasteiger partial charge in [-0.3, -0.25) is 15.5 Å². The van der Waals surface area contributed by atoms with Crippen molar-refractivity contribution in [3.8, 4) is 0 Å². The van der Waals surface area contributed by atoms with E-state index in [1.54, 1.807) is 12.1 Å². The first kappa shape index (κ1) is 15.1. The molecule has 0 heterocycles. The molecule has 0 radical (unpaired) electrons. The lowest BCUT2D eigenvalue weighted by atomic mass is 10.1. The molecular weight excluding hydrogens is 242 g/mol. The lowest BCUT2D eigenvalue weighted by Gasteiger charge is -2.03. The smallest absolute Gasteiger partial charge is 0.269 e. The molecule has 1 rings (SSSR count). The van der Waals surface area contributed by atoms with Crippen molar-refractivity contribution in [1.29, 1.82) is 0 Å². The van der Waals surface area contributed by atoms with Gasteiger partial charge in [-0.25, -0.2) is 0 Å². The summed E-state index contributed by atoms with van der Waals surface area (Å²) in [6.07, 6.45) is 5.88. The minimum atomic E-state index is -0.411. The van der Waals surface area contributed by atoms with Crippen LogP contribution in [-0.2, 0) is 0 Å². The molecule has 0 unspecified atom stereocenters. The number of nitro groups is 1. The Hall–Kier alpha value is -1.91. The van der Waals surface area contributed by atoms with E-state index in [1.807, 2.05) is 6.92 Å². The number of nitro benzene ring substituents is 1. The van der Waals surface area contributed by atoms with Crippen molar-refractivity contribution in [3.05, 3.63) is 34.4 Å². The van der Waals surface area contributed by atoms with Crippen LogP contribution in [-0.4, -0.2) is 10.6 Å². The Kier molecular flexibility index (Phi) is 6.57. The molecule has 0 aliphatic rings. The molecule has 0 amide bonds. The number of rotatable bonds is 8. The van der Waals surface area contributed by atoms with Gasteiger partial charge in [-0.2, -0.15) is 5.10 Å². The van der Waals surface area contributed by atoms with Gasteiger partial charge in [0, 0.05) is 17.8 Å². The van der Waals surface area contributed by atoms with Gasteiger partial charge in [0.1, 0.15) is 0 Å². The van der Waals surface area contributed by atoms with Crippen LogP contribution >= 0.6 is 0 Å². The van der Waals surface area contributed by atoms with Gasteiger partial charge in [-0.15, -0.1) is 0 Å². The Morgan fingerprint density at radius 2 is 1.95 bits per heavy atom. The number of non-ortho nitro benzene ring substituents is 1. The zero-order valence-corrected chi connectivity index (χ0v) is 11.6. The van der Waals surface area contributed by atoms with Crippen LogP contribution in [0.15, 0.2) is 29.4 Å². The summed E-state index contributed by atoms with van der Waals surface area (Å²) < 4.78 is 0. The highest BCUT2D eigenvalue weighted by atomic mass is 16.6. The second kappa shape index (κ2) is 8.24. The van der Waals surface area contributed by atoms with Crippen molar-refractivity contribution < 1.29 is 4.92 Å². The molecule has 0 aliphatic carbocycles. The molecule has 19 heavy (non-hydrogen) atoms. The topological polar surface area (TPSA) is 67.5 Å². The molecule has 0 fully saturated rings. The average Bonchev–Trinajstić information content (AvgIpc) is 2.42. The van der Waals surface area contributed by atoms with Crippen molar-refractivity contribution in [2.75, 3.05) is 5.43 Å². The first-order valence-electron chi connectivity index (χ1n) is 6.67. The zero-order chi connectivity index (χ0) is 14.1. The standard InChI is InChI=1S/C14H21N3O2/c1-3-4-5-6-7-12(2)15-16-13-8-10-14(11-9-13)17(18)19/h8-11,16H,3-7H2,1-2H3/b15-12+. The Labute approximate surface area is 113 Å². The van der Waals surface area contributed by atoms with Gasteiger partial charge >= 0.3 is 0 Å². The maximum atomic E-state index is 10.5.